The number of amides is 2. The standard InChI is InChI=1S/C13H17FN2O3/c1-8(11(17)18)15-12(19)16-13(2,3)9-6-4-5-7-10(9)14/h4-8H,1-3H3,(H,17,18)(H2,15,16,19). The Labute approximate surface area is 110 Å². The first-order chi connectivity index (χ1) is 8.74. The monoisotopic (exact) mass is 268 g/mol. The highest BCUT2D eigenvalue weighted by molar-refractivity contribution is 5.82. The maximum atomic E-state index is 13.7. The van der Waals surface area contributed by atoms with Gasteiger partial charge in [-0.1, -0.05) is 18.2 Å². The minimum Gasteiger partial charge on any atom is -0.480 e. The van der Waals surface area contributed by atoms with E-state index in [1.165, 1.54) is 13.0 Å². The van der Waals surface area contributed by atoms with Crippen LogP contribution in [0.1, 0.15) is 26.3 Å². The second-order valence-corrected chi connectivity index (χ2v) is 4.76. The van der Waals surface area contributed by atoms with Gasteiger partial charge in [-0.15, -0.1) is 0 Å². The fraction of sp³-hybridized carbons (Fsp3) is 0.385. The lowest BCUT2D eigenvalue weighted by Gasteiger charge is -2.27. The highest BCUT2D eigenvalue weighted by atomic mass is 19.1. The highest BCUT2D eigenvalue weighted by Crippen LogP contribution is 2.22. The van der Waals surface area contributed by atoms with E-state index in [4.69, 9.17) is 5.11 Å². The maximum Gasteiger partial charge on any atom is 0.325 e. The quantitative estimate of drug-likeness (QED) is 0.779. The Morgan fingerprint density at radius 2 is 1.89 bits per heavy atom. The van der Waals surface area contributed by atoms with Gasteiger partial charge in [0.05, 0.1) is 5.54 Å². The number of carboxylic acids is 1. The summed E-state index contributed by atoms with van der Waals surface area (Å²) in [6.45, 7) is 4.62. The molecule has 5 nitrogen and oxygen atoms in total. The summed E-state index contributed by atoms with van der Waals surface area (Å²) >= 11 is 0. The number of rotatable bonds is 4. The Hall–Kier alpha value is -2.11. The van der Waals surface area contributed by atoms with E-state index in [0.29, 0.717) is 5.56 Å². The molecule has 0 aliphatic rings. The molecule has 1 unspecified atom stereocenters. The number of carboxylic acid groups (broad SMARTS) is 1. The van der Waals surface area contributed by atoms with Gasteiger partial charge in [0.1, 0.15) is 11.9 Å². The van der Waals surface area contributed by atoms with Crippen molar-refractivity contribution in [3.63, 3.8) is 0 Å². The topological polar surface area (TPSA) is 78.4 Å². The predicted octanol–water partition coefficient (Wildman–Crippen LogP) is 1.83. The van der Waals surface area contributed by atoms with Gasteiger partial charge in [0.25, 0.3) is 0 Å². The lowest BCUT2D eigenvalue weighted by atomic mass is 9.94. The van der Waals surface area contributed by atoms with Crippen molar-refractivity contribution >= 4 is 12.0 Å². The first kappa shape index (κ1) is 14.9. The predicted molar refractivity (Wildman–Crippen MR) is 68.2 cm³/mol. The number of benzene rings is 1. The van der Waals surface area contributed by atoms with Crippen LogP contribution in [0.25, 0.3) is 0 Å². The van der Waals surface area contributed by atoms with Gasteiger partial charge in [0, 0.05) is 5.56 Å². The Bertz CT molecular complexity index is 489. The van der Waals surface area contributed by atoms with Gasteiger partial charge in [0.15, 0.2) is 0 Å². The van der Waals surface area contributed by atoms with Crippen LogP contribution in [0.4, 0.5) is 9.18 Å². The van der Waals surface area contributed by atoms with Crippen molar-refractivity contribution in [3.05, 3.63) is 35.6 Å². The summed E-state index contributed by atoms with van der Waals surface area (Å²) in [6.07, 6.45) is 0. The van der Waals surface area contributed by atoms with Crippen molar-refractivity contribution in [2.45, 2.75) is 32.4 Å². The van der Waals surface area contributed by atoms with Gasteiger partial charge in [0.2, 0.25) is 0 Å². The van der Waals surface area contributed by atoms with E-state index in [1.807, 2.05) is 0 Å². The minimum absolute atomic E-state index is 0.327. The van der Waals surface area contributed by atoms with E-state index in [9.17, 15) is 14.0 Å². The third-order valence-electron chi connectivity index (χ3n) is 2.69. The minimum atomic E-state index is -1.14. The Balaban J connectivity index is 2.78. The van der Waals surface area contributed by atoms with Crippen molar-refractivity contribution in [2.75, 3.05) is 0 Å². The van der Waals surface area contributed by atoms with Gasteiger partial charge >= 0.3 is 12.0 Å². The summed E-state index contributed by atoms with van der Waals surface area (Å²) in [5.41, 5.74) is -0.624. The number of aliphatic carboxylic acids is 1. The van der Waals surface area contributed by atoms with Crippen molar-refractivity contribution < 1.29 is 19.1 Å². The number of hydrogen-bond acceptors (Lipinski definition) is 2. The van der Waals surface area contributed by atoms with Crippen molar-refractivity contribution in [3.8, 4) is 0 Å². The molecule has 0 radical (unpaired) electrons. The fourth-order valence-corrected chi connectivity index (χ4v) is 1.61. The normalized spacial score (nSPS) is 12.6. The molecule has 1 atom stereocenters. The zero-order valence-electron chi connectivity index (χ0n) is 11.0. The molecule has 6 heteroatoms. The molecule has 0 spiro atoms. The molecule has 0 aliphatic carbocycles. The SMILES string of the molecule is CC(NC(=O)NC(C)(C)c1ccccc1F)C(=O)O. The summed E-state index contributed by atoms with van der Waals surface area (Å²) in [5.74, 6) is -1.57. The van der Waals surface area contributed by atoms with Crippen molar-refractivity contribution in [1.29, 1.82) is 0 Å². The molecule has 1 rings (SSSR count). The summed E-state index contributed by atoms with van der Waals surface area (Å²) in [5, 5.41) is 13.5. The zero-order chi connectivity index (χ0) is 14.6. The van der Waals surface area contributed by atoms with Crippen LogP contribution in [-0.2, 0) is 10.3 Å². The number of halogens is 1. The summed E-state index contributed by atoms with van der Waals surface area (Å²) in [6, 6.07) is 4.41. The molecule has 0 saturated carbocycles. The molecular weight excluding hydrogens is 251 g/mol. The van der Waals surface area contributed by atoms with E-state index < -0.39 is 29.4 Å². The van der Waals surface area contributed by atoms with Crippen LogP contribution in [0.5, 0.6) is 0 Å². The van der Waals surface area contributed by atoms with Crippen LogP contribution >= 0.6 is 0 Å². The largest absolute Gasteiger partial charge is 0.480 e. The number of hydrogen-bond donors (Lipinski definition) is 3. The first-order valence-corrected chi connectivity index (χ1v) is 5.80. The molecule has 3 N–H and O–H groups in total. The number of carbonyl (C=O) groups excluding carboxylic acids is 1. The second kappa shape index (κ2) is 5.69. The lowest BCUT2D eigenvalue weighted by molar-refractivity contribution is -0.138. The first-order valence-electron chi connectivity index (χ1n) is 5.80. The molecule has 2 amide bonds. The molecule has 0 aromatic heterocycles. The van der Waals surface area contributed by atoms with Crippen LogP contribution in [0, 0.1) is 5.82 Å². The lowest BCUT2D eigenvalue weighted by Crippen LogP contribution is -2.50. The molecule has 0 fully saturated rings. The van der Waals surface area contributed by atoms with Gasteiger partial charge < -0.3 is 15.7 Å². The van der Waals surface area contributed by atoms with Gasteiger partial charge in [-0.25, -0.2) is 9.18 Å². The molecule has 1 aromatic carbocycles. The van der Waals surface area contributed by atoms with Crippen molar-refractivity contribution in [1.82, 2.24) is 10.6 Å². The number of nitrogens with one attached hydrogen (secondary N) is 2. The summed E-state index contributed by atoms with van der Waals surface area (Å²) in [4.78, 5) is 22.3. The molecular formula is C13H17FN2O3. The fourth-order valence-electron chi connectivity index (χ4n) is 1.61. The smallest absolute Gasteiger partial charge is 0.325 e. The van der Waals surface area contributed by atoms with Gasteiger partial charge in [-0.05, 0) is 26.8 Å². The zero-order valence-corrected chi connectivity index (χ0v) is 11.0. The molecule has 0 heterocycles. The van der Waals surface area contributed by atoms with Crippen LogP contribution in [-0.4, -0.2) is 23.1 Å². The Kier molecular flexibility index (Phi) is 4.47. The van der Waals surface area contributed by atoms with E-state index in [0.717, 1.165) is 0 Å². The van der Waals surface area contributed by atoms with Crippen LogP contribution in [0.15, 0.2) is 24.3 Å². The Morgan fingerprint density at radius 1 is 1.32 bits per heavy atom. The molecule has 0 saturated heterocycles. The van der Waals surface area contributed by atoms with Gasteiger partial charge in [-0.3, -0.25) is 4.79 Å². The van der Waals surface area contributed by atoms with Crippen LogP contribution in [0.3, 0.4) is 0 Å². The van der Waals surface area contributed by atoms with Crippen LogP contribution < -0.4 is 10.6 Å². The highest BCUT2D eigenvalue weighted by Gasteiger charge is 2.26. The van der Waals surface area contributed by atoms with E-state index >= 15 is 0 Å². The average molecular weight is 268 g/mol. The molecule has 0 bridgehead atoms. The molecule has 19 heavy (non-hydrogen) atoms. The molecule has 104 valence electrons. The van der Waals surface area contributed by atoms with Crippen molar-refractivity contribution in [2.24, 2.45) is 0 Å². The second-order valence-electron chi connectivity index (χ2n) is 4.76. The number of carbonyl (C=O) groups is 2. The average Bonchev–Trinajstić information content (AvgIpc) is 2.27. The molecule has 1 aromatic rings. The number of urea groups is 1. The third-order valence-corrected chi connectivity index (χ3v) is 2.69. The third kappa shape index (κ3) is 3.94. The summed E-state index contributed by atoms with van der Waals surface area (Å²) < 4.78 is 13.7. The Morgan fingerprint density at radius 3 is 2.42 bits per heavy atom. The maximum absolute atomic E-state index is 13.7. The van der Waals surface area contributed by atoms with Gasteiger partial charge in [-0.2, -0.15) is 0 Å². The van der Waals surface area contributed by atoms with E-state index in [-0.39, 0.29) is 0 Å². The molecule has 0 aliphatic heterocycles. The van der Waals surface area contributed by atoms with E-state index in [1.54, 1.807) is 32.0 Å². The summed E-state index contributed by atoms with van der Waals surface area (Å²) in [7, 11) is 0. The van der Waals surface area contributed by atoms with E-state index in [2.05, 4.69) is 10.6 Å². The van der Waals surface area contributed by atoms with Crippen LogP contribution in [0.2, 0.25) is 0 Å².